The van der Waals surface area contributed by atoms with E-state index in [1.807, 2.05) is 24.3 Å². The first-order valence-electron chi connectivity index (χ1n) is 6.80. The summed E-state index contributed by atoms with van der Waals surface area (Å²) in [7, 11) is 0. The molecule has 0 spiro atoms. The van der Waals surface area contributed by atoms with E-state index in [1.165, 1.54) is 11.9 Å². The van der Waals surface area contributed by atoms with Crippen LogP contribution in [0.4, 0.5) is 5.69 Å². The number of nitrogens with zero attached hydrogens (tertiary/aromatic N) is 4. The van der Waals surface area contributed by atoms with Crippen molar-refractivity contribution >= 4 is 18.0 Å². The van der Waals surface area contributed by atoms with Crippen LogP contribution >= 0.6 is 0 Å². The van der Waals surface area contributed by atoms with Crippen LogP contribution in [0.25, 0.3) is 6.08 Å². The summed E-state index contributed by atoms with van der Waals surface area (Å²) in [5.74, 6) is 0. The zero-order valence-electron chi connectivity index (χ0n) is 12.3. The monoisotopic (exact) mass is 278 g/mol. The van der Waals surface area contributed by atoms with Crippen LogP contribution in [-0.4, -0.2) is 19.3 Å². The van der Waals surface area contributed by atoms with Crippen molar-refractivity contribution in [3.8, 4) is 12.1 Å². The van der Waals surface area contributed by atoms with Crippen molar-refractivity contribution in [2.45, 2.75) is 13.8 Å². The van der Waals surface area contributed by atoms with E-state index >= 15 is 0 Å². The smallest absolute Gasteiger partial charge is 0.150 e. The Labute approximate surface area is 126 Å². The van der Waals surface area contributed by atoms with E-state index in [0.29, 0.717) is 0 Å². The molecule has 0 fully saturated rings. The number of aliphatic imine (C=N–C) groups is 1. The summed E-state index contributed by atoms with van der Waals surface area (Å²) < 4.78 is 0. The van der Waals surface area contributed by atoms with Gasteiger partial charge in [0.1, 0.15) is 6.07 Å². The van der Waals surface area contributed by atoms with Crippen molar-refractivity contribution in [3.05, 3.63) is 47.7 Å². The maximum Gasteiger partial charge on any atom is 0.150 e. The van der Waals surface area contributed by atoms with Gasteiger partial charge in [0, 0.05) is 25.0 Å². The van der Waals surface area contributed by atoms with E-state index in [-0.39, 0.29) is 5.70 Å². The summed E-state index contributed by atoms with van der Waals surface area (Å²) >= 11 is 0. The summed E-state index contributed by atoms with van der Waals surface area (Å²) in [4.78, 5) is 6.16. The Morgan fingerprint density at radius 1 is 1.19 bits per heavy atom. The Morgan fingerprint density at radius 2 is 1.86 bits per heavy atom. The molecule has 0 unspecified atom stereocenters. The van der Waals surface area contributed by atoms with Crippen molar-refractivity contribution < 1.29 is 0 Å². The third kappa shape index (κ3) is 5.34. The van der Waals surface area contributed by atoms with Gasteiger partial charge in [0.05, 0.1) is 12.1 Å². The molecule has 1 aromatic carbocycles. The molecule has 0 aliphatic rings. The lowest BCUT2D eigenvalue weighted by molar-refractivity contribution is 0.866. The summed E-state index contributed by atoms with van der Waals surface area (Å²) in [6.45, 7) is 6.24. The molecular formula is C17H18N4. The highest BCUT2D eigenvalue weighted by atomic mass is 15.1. The van der Waals surface area contributed by atoms with Crippen LogP contribution in [0.2, 0.25) is 0 Å². The summed E-state index contributed by atoms with van der Waals surface area (Å²) in [6.07, 6.45) is 6.26. The Hall–Kier alpha value is -2.85. The Bertz CT molecular complexity index is 606. The van der Waals surface area contributed by atoms with Gasteiger partial charge < -0.3 is 4.90 Å². The van der Waals surface area contributed by atoms with Crippen LogP contribution in [0.1, 0.15) is 19.4 Å². The molecule has 4 nitrogen and oxygen atoms in total. The van der Waals surface area contributed by atoms with Crippen molar-refractivity contribution in [1.29, 1.82) is 10.5 Å². The van der Waals surface area contributed by atoms with Gasteiger partial charge in [-0.25, -0.2) is 4.99 Å². The van der Waals surface area contributed by atoms with Crippen LogP contribution in [0.15, 0.2) is 47.1 Å². The van der Waals surface area contributed by atoms with Gasteiger partial charge in [0.2, 0.25) is 0 Å². The third-order valence-electron chi connectivity index (χ3n) is 2.93. The number of benzene rings is 1. The Balaban J connectivity index is 2.71. The number of allylic oxidation sites excluding steroid dienone is 3. The van der Waals surface area contributed by atoms with E-state index in [9.17, 15) is 0 Å². The van der Waals surface area contributed by atoms with Gasteiger partial charge in [-0.1, -0.05) is 18.2 Å². The molecule has 0 aliphatic heterocycles. The Kier molecular flexibility index (Phi) is 7.04. The van der Waals surface area contributed by atoms with Gasteiger partial charge >= 0.3 is 0 Å². The quantitative estimate of drug-likeness (QED) is 0.590. The lowest BCUT2D eigenvalue weighted by Gasteiger charge is -2.20. The summed E-state index contributed by atoms with van der Waals surface area (Å²) in [6, 6.07) is 11.9. The normalized spacial score (nSPS) is 11.5. The van der Waals surface area contributed by atoms with E-state index in [1.54, 1.807) is 12.1 Å². The van der Waals surface area contributed by atoms with Gasteiger partial charge in [-0.2, -0.15) is 10.5 Å². The summed E-state index contributed by atoms with van der Waals surface area (Å²) in [5, 5.41) is 17.1. The van der Waals surface area contributed by atoms with Gasteiger partial charge in [0.15, 0.2) is 5.70 Å². The largest absolute Gasteiger partial charge is 0.372 e. The van der Waals surface area contributed by atoms with Crippen molar-refractivity contribution in [1.82, 2.24) is 0 Å². The van der Waals surface area contributed by atoms with E-state index in [0.717, 1.165) is 24.7 Å². The maximum absolute atomic E-state index is 8.69. The van der Waals surface area contributed by atoms with Crippen LogP contribution in [0.5, 0.6) is 0 Å². The molecular weight excluding hydrogens is 260 g/mol. The molecule has 0 amide bonds. The molecule has 0 atom stereocenters. The molecule has 21 heavy (non-hydrogen) atoms. The van der Waals surface area contributed by atoms with E-state index < -0.39 is 0 Å². The highest BCUT2D eigenvalue weighted by Crippen LogP contribution is 2.15. The topological polar surface area (TPSA) is 63.2 Å². The minimum Gasteiger partial charge on any atom is -0.372 e. The van der Waals surface area contributed by atoms with Crippen molar-refractivity contribution in [3.63, 3.8) is 0 Å². The van der Waals surface area contributed by atoms with E-state index in [2.05, 4.69) is 35.9 Å². The second-order valence-corrected chi connectivity index (χ2v) is 4.17. The number of anilines is 1. The molecule has 1 aromatic rings. The summed E-state index contributed by atoms with van der Waals surface area (Å²) in [5.41, 5.74) is 2.36. The molecule has 0 bridgehead atoms. The molecule has 0 N–H and O–H groups in total. The molecule has 0 saturated carbocycles. The molecule has 0 radical (unpaired) electrons. The fourth-order valence-corrected chi connectivity index (χ4v) is 1.82. The zero-order valence-corrected chi connectivity index (χ0v) is 12.3. The number of hydrogen-bond acceptors (Lipinski definition) is 4. The second-order valence-electron chi connectivity index (χ2n) is 4.17. The minimum atomic E-state index is 0.0963. The average molecular weight is 278 g/mol. The third-order valence-corrected chi connectivity index (χ3v) is 2.93. The second kappa shape index (κ2) is 9.12. The lowest BCUT2D eigenvalue weighted by atomic mass is 10.2. The van der Waals surface area contributed by atoms with Crippen LogP contribution < -0.4 is 4.90 Å². The Morgan fingerprint density at radius 3 is 2.38 bits per heavy atom. The van der Waals surface area contributed by atoms with Crippen molar-refractivity contribution in [2.24, 2.45) is 4.99 Å². The van der Waals surface area contributed by atoms with Crippen LogP contribution in [-0.2, 0) is 0 Å². The molecule has 0 heterocycles. The minimum absolute atomic E-state index is 0.0963. The highest BCUT2D eigenvalue weighted by molar-refractivity contribution is 5.79. The van der Waals surface area contributed by atoms with Crippen LogP contribution in [0.3, 0.4) is 0 Å². The van der Waals surface area contributed by atoms with Gasteiger partial charge in [-0.3, -0.25) is 0 Å². The molecule has 4 heteroatoms. The predicted octanol–water partition coefficient (Wildman–Crippen LogP) is 3.55. The van der Waals surface area contributed by atoms with Crippen LogP contribution in [0, 0.1) is 22.7 Å². The lowest BCUT2D eigenvalue weighted by Crippen LogP contribution is -2.21. The zero-order chi connectivity index (χ0) is 15.5. The SMILES string of the molecule is CCN(CC)c1ccc(/C=C/C=N/C(C#N)=C/C#N)cc1. The molecule has 1 rings (SSSR count). The average Bonchev–Trinajstić information content (AvgIpc) is 2.53. The van der Waals surface area contributed by atoms with Crippen molar-refractivity contribution in [2.75, 3.05) is 18.0 Å². The predicted molar refractivity (Wildman–Crippen MR) is 86.8 cm³/mol. The van der Waals surface area contributed by atoms with Gasteiger partial charge in [-0.15, -0.1) is 0 Å². The number of nitriles is 2. The maximum atomic E-state index is 8.69. The van der Waals surface area contributed by atoms with Gasteiger partial charge in [0.25, 0.3) is 0 Å². The highest BCUT2D eigenvalue weighted by Gasteiger charge is 1.99. The standard InChI is InChI=1S/C17H18N4/c1-3-21(4-2)17-9-7-15(8-10-17)6-5-13-20-16(14-19)11-12-18/h5-11,13H,3-4H2,1-2H3/b6-5+,16-11+,20-13+. The van der Waals surface area contributed by atoms with Gasteiger partial charge in [-0.05, 0) is 37.6 Å². The molecule has 0 saturated heterocycles. The molecule has 0 aromatic heterocycles. The van der Waals surface area contributed by atoms with E-state index in [4.69, 9.17) is 10.5 Å². The number of hydrogen-bond donors (Lipinski definition) is 0. The first kappa shape index (κ1) is 16.2. The fourth-order valence-electron chi connectivity index (χ4n) is 1.82. The fraction of sp³-hybridized carbons (Fsp3) is 0.235. The molecule has 0 aliphatic carbocycles. The number of rotatable bonds is 6. The first-order valence-corrected chi connectivity index (χ1v) is 6.80. The molecule has 106 valence electrons. The first-order chi connectivity index (χ1) is 10.2.